The molecule has 0 radical (unpaired) electrons. The van der Waals surface area contributed by atoms with E-state index in [2.05, 4.69) is 10.1 Å². The van der Waals surface area contributed by atoms with Gasteiger partial charge in [-0.2, -0.15) is 0 Å². The average molecular weight is 173 g/mol. The summed E-state index contributed by atoms with van der Waals surface area (Å²) in [6.07, 6.45) is 0. The Balaban J connectivity index is 3.91. The molecule has 12 heavy (non-hydrogen) atoms. The Bertz CT molecular complexity index is 168. The molecule has 0 bridgehead atoms. The van der Waals surface area contributed by atoms with Gasteiger partial charge in [0, 0.05) is 0 Å². The first kappa shape index (κ1) is 11.1. The van der Waals surface area contributed by atoms with Crippen molar-refractivity contribution in [3.05, 3.63) is 0 Å². The van der Waals surface area contributed by atoms with Crippen LogP contribution in [0, 0.1) is 0 Å². The van der Waals surface area contributed by atoms with E-state index in [1.165, 1.54) is 0 Å². The number of carbonyl (C=O) groups is 2. The topological polar surface area (TPSA) is 55.4 Å². The van der Waals surface area contributed by atoms with Gasteiger partial charge in [0.1, 0.15) is 0 Å². The number of nitrogens with one attached hydrogen (secondary N) is 1. The standard InChI is InChI=1S/C8H15NO3/c1-4-9-6(3)7(10)8(11)12-5-2/h6,9H,4-5H2,1-3H3. The van der Waals surface area contributed by atoms with Gasteiger partial charge in [0.05, 0.1) is 12.6 Å². The lowest BCUT2D eigenvalue weighted by Gasteiger charge is -2.09. The van der Waals surface area contributed by atoms with E-state index in [-0.39, 0.29) is 6.61 Å². The quantitative estimate of drug-likeness (QED) is 0.474. The fourth-order valence-corrected chi connectivity index (χ4v) is 0.778. The fraction of sp³-hybridized carbons (Fsp3) is 0.750. The van der Waals surface area contributed by atoms with Crippen LogP contribution in [0.15, 0.2) is 0 Å². The van der Waals surface area contributed by atoms with Gasteiger partial charge < -0.3 is 10.1 Å². The van der Waals surface area contributed by atoms with E-state index in [0.717, 1.165) is 0 Å². The van der Waals surface area contributed by atoms with Crippen molar-refractivity contribution in [1.82, 2.24) is 5.32 Å². The Morgan fingerprint density at radius 3 is 2.42 bits per heavy atom. The van der Waals surface area contributed by atoms with E-state index in [0.29, 0.717) is 6.54 Å². The minimum Gasteiger partial charge on any atom is -0.460 e. The highest BCUT2D eigenvalue weighted by Gasteiger charge is 2.20. The molecule has 0 amide bonds. The third-order valence-corrected chi connectivity index (χ3v) is 1.38. The van der Waals surface area contributed by atoms with E-state index >= 15 is 0 Å². The van der Waals surface area contributed by atoms with Crippen LogP contribution in [0.1, 0.15) is 20.8 Å². The SMILES string of the molecule is CCNC(C)C(=O)C(=O)OCC. The molecule has 4 heteroatoms. The van der Waals surface area contributed by atoms with Crippen molar-refractivity contribution >= 4 is 11.8 Å². The molecule has 0 aromatic carbocycles. The van der Waals surface area contributed by atoms with Gasteiger partial charge in [-0.1, -0.05) is 6.92 Å². The van der Waals surface area contributed by atoms with Gasteiger partial charge in [0.25, 0.3) is 5.78 Å². The number of hydrogen-bond donors (Lipinski definition) is 1. The number of ether oxygens (including phenoxy) is 1. The third kappa shape index (κ3) is 3.48. The monoisotopic (exact) mass is 173 g/mol. The van der Waals surface area contributed by atoms with Gasteiger partial charge in [-0.05, 0) is 20.4 Å². The Morgan fingerprint density at radius 2 is 2.00 bits per heavy atom. The van der Waals surface area contributed by atoms with E-state index in [9.17, 15) is 9.59 Å². The molecule has 0 aliphatic carbocycles. The zero-order valence-electron chi connectivity index (χ0n) is 7.72. The predicted octanol–water partition coefficient (Wildman–Crippen LogP) is 0.117. The van der Waals surface area contributed by atoms with Gasteiger partial charge in [0.15, 0.2) is 0 Å². The number of ketones is 1. The van der Waals surface area contributed by atoms with Crippen LogP contribution in [0.2, 0.25) is 0 Å². The summed E-state index contributed by atoms with van der Waals surface area (Å²) < 4.78 is 4.54. The largest absolute Gasteiger partial charge is 0.460 e. The smallest absolute Gasteiger partial charge is 0.376 e. The van der Waals surface area contributed by atoms with Crippen molar-refractivity contribution in [3.63, 3.8) is 0 Å². The summed E-state index contributed by atoms with van der Waals surface area (Å²) in [5, 5.41) is 2.83. The van der Waals surface area contributed by atoms with Crippen molar-refractivity contribution in [2.75, 3.05) is 13.2 Å². The summed E-state index contributed by atoms with van der Waals surface area (Å²) in [5.74, 6) is -1.27. The molecule has 0 saturated carbocycles. The van der Waals surface area contributed by atoms with Crippen LogP contribution >= 0.6 is 0 Å². The lowest BCUT2D eigenvalue weighted by atomic mass is 10.2. The maximum Gasteiger partial charge on any atom is 0.376 e. The summed E-state index contributed by atoms with van der Waals surface area (Å²) >= 11 is 0. The molecule has 0 fully saturated rings. The second kappa shape index (κ2) is 5.71. The predicted molar refractivity (Wildman–Crippen MR) is 44.8 cm³/mol. The maximum atomic E-state index is 11.1. The van der Waals surface area contributed by atoms with Crippen molar-refractivity contribution in [1.29, 1.82) is 0 Å². The van der Waals surface area contributed by atoms with Crippen molar-refractivity contribution < 1.29 is 14.3 Å². The molecule has 0 heterocycles. The molecule has 1 N–H and O–H groups in total. The van der Waals surface area contributed by atoms with Crippen molar-refractivity contribution in [2.24, 2.45) is 0 Å². The Morgan fingerprint density at radius 1 is 1.42 bits per heavy atom. The summed E-state index contributed by atoms with van der Waals surface area (Å²) in [6, 6.07) is -0.450. The summed E-state index contributed by atoms with van der Waals surface area (Å²) in [6.45, 7) is 6.08. The highest BCUT2D eigenvalue weighted by molar-refractivity contribution is 6.35. The number of likely N-dealkylation sites (N-methyl/N-ethyl adjacent to an activating group) is 1. The second-order valence-electron chi connectivity index (χ2n) is 2.36. The molecule has 0 saturated heterocycles. The number of rotatable bonds is 5. The van der Waals surface area contributed by atoms with Crippen LogP contribution in [-0.4, -0.2) is 30.9 Å². The van der Waals surface area contributed by atoms with E-state index in [1.807, 2.05) is 6.92 Å². The molecule has 0 rings (SSSR count). The Kier molecular flexibility index (Phi) is 5.28. The molecule has 0 aromatic rings. The first-order valence-corrected chi connectivity index (χ1v) is 4.07. The lowest BCUT2D eigenvalue weighted by molar-refractivity contribution is -0.154. The molecule has 0 aliphatic rings. The molecular weight excluding hydrogens is 158 g/mol. The zero-order chi connectivity index (χ0) is 9.56. The molecular formula is C8H15NO3. The van der Waals surface area contributed by atoms with Crippen LogP contribution < -0.4 is 5.32 Å². The van der Waals surface area contributed by atoms with Crippen LogP contribution in [0.25, 0.3) is 0 Å². The molecule has 4 nitrogen and oxygen atoms in total. The van der Waals surface area contributed by atoms with Crippen LogP contribution in [0.5, 0.6) is 0 Å². The highest BCUT2D eigenvalue weighted by atomic mass is 16.5. The van der Waals surface area contributed by atoms with Gasteiger partial charge in [-0.25, -0.2) is 4.79 Å². The normalized spacial score (nSPS) is 12.2. The van der Waals surface area contributed by atoms with E-state index in [4.69, 9.17) is 0 Å². The second-order valence-corrected chi connectivity index (χ2v) is 2.36. The van der Waals surface area contributed by atoms with Gasteiger partial charge in [-0.15, -0.1) is 0 Å². The van der Waals surface area contributed by atoms with Gasteiger partial charge >= 0.3 is 5.97 Å². The van der Waals surface area contributed by atoms with Gasteiger partial charge in [-0.3, -0.25) is 4.79 Å². The number of hydrogen-bond acceptors (Lipinski definition) is 4. The molecule has 0 aliphatic heterocycles. The molecule has 0 spiro atoms. The minimum atomic E-state index is -0.758. The van der Waals surface area contributed by atoms with Crippen LogP contribution in [-0.2, 0) is 14.3 Å². The zero-order valence-corrected chi connectivity index (χ0v) is 7.72. The highest BCUT2D eigenvalue weighted by Crippen LogP contribution is 1.88. The van der Waals surface area contributed by atoms with Crippen LogP contribution in [0.3, 0.4) is 0 Å². The van der Waals surface area contributed by atoms with Gasteiger partial charge in [0.2, 0.25) is 0 Å². The summed E-state index contributed by atoms with van der Waals surface area (Å²) in [4.78, 5) is 21.9. The minimum absolute atomic E-state index is 0.240. The average Bonchev–Trinajstić information content (AvgIpc) is 2.04. The number of carbonyl (C=O) groups excluding carboxylic acids is 2. The van der Waals surface area contributed by atoms with E-state index in [1.54, 1.807) is 13.8 Å². The van der Waals surface area contributed by atoms with E-state index < -0.39 is 17.8 Å². The van der Waals surface area contributed by atoms with Crippen molar-refractivity contribution in [2.45, 2.75) is 26.8 Å². The maximum absolute atomic E-state index is 11.1. The molecule has 1 atom stereocenters. The summed E-state index contributed by atoms with van der Waals surface area (Å²) in [7, 11) is 0. The first-order valence-electron chi connectivity index (χ1n) is 4.07. The van der Waals surface area contributed by atoms with Crippen LogP contribution in [0.4, 0.5) is 0 Å². The molecule has 70 valence electrons. The lowest BCUT2D eigenvalue weighted by Crippen LogP contribution is -2.38. The number of Topliss-reactive ketones (excluding diaryl/α,β-unsaturated/α-hetero) is 1. The third-order valence-electron chi connectivity index (χ3n) is 1.38. The number of esters is 1. The Hall–Kier alpha value is -0.900. The molecule has 0 aromatic heterocycles. The summed E-state index contributed by atoms with van der Waals surface area (Å²) in [5.41, 5.74) is 0. The van der Waals surface area contributed by atoms with Crippen molar-refractivity contribution in [3.8, 4) is 0 Å². The Labute approximate surface area is 72.3 Å². The first-order chi connectivity index (χ1) is 5.63. The fourth-order valence-electron chi connectivity index (χ4n) is 0.778. The molecule has 1 unspecified atom stereocenters.